The van der Waals surface area contributed by atoms with Crippen molar-refractivity contribution in [3.05, 3.63) is 58.7 Å². The molecule has 3 aromatic rings. The number of amides is 1. The number of halogens is 1. The molecule has 1 fully saturated rings. The summed E-state index contributed by atoms with van der Waals surface area (Å²) in [6, 6.07) is 12.3. The third-order valence-electron chi connectivity index (χ3n) is 5.71. The van der Waals surface area contributed by atoms with Gasteiger partial charge in [0.1, 0.15) is 29.6 Å². The summed E-state index contributed by atoms with van der Waals surface area (Å²) in [5.41, 5.74) is 1.59. The number of nitrogens with zero attached hydrogens (tertiary/aromatic N) is 3. The Labute approximate surface area is 218 Å². The Morgan fingerprint density at radius 1 is 1.19 bits per heavy atom. The van der Waals surface area contributed by atoms with E-state index in [-0.39, 0.29) is 19.0 Å². The zero-order valence-electron chi connectivity index (χ0n) is 20.4. The summed E-state index contributed by atoms with van der Waals surface area (Å²) < 4.78 is 12.3. The van der Waals surface area contributed by atoms with Crippen LogP contribution in [0.1, 0.15) is 39.2 Å². The standard InChI is InChI=1S/C26H29BrN4O5/c1-26(2,3)36-25(34)31-12-11-17(13-20(31)24(32)33)29-21-14-28-19-10-9-18(27)23(22(19)30-21)35-15-16-7-5-4-6-8-16/h4-10,14,17,20H,11-13,15H2,1-3H3,(H,29,30)(H,32,33)/t17?,20-/m0/s1. The summed E-state index contributed by atoms with van der Waals surface area (Å²) in [6.07, 6.45) is 1.75. The van der Waals surface area contributed by atoms with Crippen LogP contribution in [0.4, 0.5) is 10.6 Å². The molecule has 2 atom stereocenters. The second-order valence-corrected chi connectivity index (χ2v) is 10.5. The molecule has 1 saturated heterocycles. The molecule has 1 amide bonds. The maximum Gasteiger partial charge on any atom is 0.411 e. The van der Waals surface area contributed by atoms with Gasteiger partial charge in [0.05, 0.1) is 16.2 Å². The summed E-state index contributed by atoms with van der Waals surface area (Å²) in [6.45, 7) is 5.89. The number of hydrogen-bond donors (Lipinski definition) is 2. The molecule has 0 bridgehead atoms. The van der Waals surface area contributed by atoms with Gasteiger partial charge in [-0.2, -0.15) is 0 Å². The molecule has 1 aromatic heterocycles. The quantitative estimate of drug-likeness (QED) is 0.423. The summed E-state index contributed by atoms with van der Waals surface area (Å²) in [5.74, 6) is 0.0122. The van der Waals surface area contributed by atoms with Gasteiger partial charge in [0, 0.05) is 12.6 Å². The van der Waals surface area contributed by atoms with Crippen LogP contribution in [0.5, 0.6) is 5.75 Å². The molecule has 2 heterocycles. The maximum absolute atomic E-state index is 12.6. The van der Waals surface area contributed by atoms with E-state index in [9.17, 15) is 14.7 Å². The predicted octanol–water partition coefficient (Wildman–Crippen LogP) is 5.24. The Balaban J connectivity index is 1.51. The number of carbonyl (C=O) groups excluding carboxylic acids is 1. The molecule has 0 spiro atoms. The third kappa shape index (κ3) is 6.23. The topological polar surface area (TPSA) is 114 Å². The van der Waals surface area contributed by atoms with Crippen molar-refractivity contribution in [2.75, 3.05) is 11.9 Å². The minimum absolute atomic E-state index is 0.211. The SMILES string of the molecule is CC(C)(C)OC(=O)N1CCC(Nc2cnc3ccc(Br)c(OCc4ccccc4)c3n2)C[C@H]1C(=O)O. The Morgan fingerprint density at radius 2 is 1.94 bits per heavy atom. The molecule has 0 aliphatic carbocycles. The fourth-order valence-electron chi connectivity index (χ4n) is 4.04. The van der Waals surface area contributed by atoms with Gasteiger partial charge in [-0.15, -0.1) is 0 Å². The van der Waals surface area contributed by atoms with E-state index < -0.39 is 23.7 Å². The normalized spacial score (nSPS) is 18.1. The molecular weight excluding hydrogens is 528 g/mol. The number of anilines is 1. The van der Waals surface area contributed by atoms with E-state index in [4.69, 9.17) is 14.5 Å². The number of likely N-dealkylation sites (tertiary alicyclic amines) is 1. The average molecular weight is 557 g/mol. The van der Waals surface area contributed by atoms with Crippen LogP contribution in [0.3, 0.4) is 0 Å². The number of rotatable bonds is 6. The summed E-state index contributed by atoms with van der Waals surface area (Å²) >= 11 is 3.55. The lowest BCUT2D eigenvalue weighted by atomic mass is 9.97. The number of carboxylic acid groups (broad SMARTS) is 1. The fraction of sp³-hybridized carbons (Fsp3) is 0.385. The van der Waals surface area contributed by atoms with Crippen LogP contribution in [-0.4, -0.2) is 56.3 Å². The number of aromatic nitrogens is 2. The van der Waals surface area contributed by atoms with E-state index in [2.05, 4.69) is 26.2 Å². The predicted molar refractivity (Wildman–Crippen MR) is 139 cm³/mol. The van der Waals surface area contributed by atoms with Crippen LogP contribution in [0, 0.1) is 0 Å². The zero-order chi connectivity index (χ0) is 25.9. The Kier molecular flexibility index (Phi) is 7.63. The number of carbonyl (C=O) groups is 2. The number of carboxylic acids is 1. The van der Waals surface area contributed by atoms with Gasteiger partial charge in [-0.1, -0.05) is 30.3 Å². The summed E-state index contributed by atoms with van der Waals surface area (Å²) in [5, 5.41) is 13.1. The highest BCUT2D eigenvalue weighted by molar-refractivity contribution is 9.10. The first-order valence-electron chi connectivity index (χ1n) is 11.7. The number of aliphatic carboxylic acids is 1. The molecule has 1 aliphatic heterocycles. The number of fused-ring (bicyclic) bond motifs is 1. The van der Waals surface area contributed by atoms with Gasteiger partial charge in [-0.05, 0) is 67.2 Å². The molecule has 4 rings (SSSR count). The minimum Gasteiger partial charge on any atom is -0.485 e. The zero-order valence-corrected chi connectivity index (χ0v) is 22.0. The molecule has 0 saturated carbocycles. The van der Waals surface area contributed by atoms with E-state index in [0.717, 1.165) is 10.0 Å². The molecule has 10 heteroatoms. The van der Waals surface area contributed by atoms with Gasteiger partial charge in [0.25, 0.3) is 0 Å². The van der Waals surface area contributed by atoms with Crippen molar-refractivity contribution in [2.45, 2.75) is 57.9 Å². The van der Waals surface area contributed by atoms with Gasteiger partial charge in [0.2, 0.25) is 0 Å². The van der Waals surface area contributed by atoms with Crippen molar-refractivity contribution in [1.29, 1.82) is 0 Å². The van der Waals surface area contributed by atoms with Gasteiger partial charge in [0.15, 0.2) is 5.75 Å². The minimum atomic E-state index is -1.07. The van der Waals surface area contributed by atoms with Crippen LogP contribution >= 0.6 is 15.9 Å². The van der Waals surface area contributed by atoms with Gasteiger partial charge in [-0.25, -0.2) is 14.6 Å². The fourth-order valence-corrected chi connectivity index (χ4v) is 4.48. The highest BCUT2D eigenvalue weighted by Crippen LogP contribution is 2.33. The second kappa shape index (κ2) is 10.7. The number of hydrogen-bond acceptors (Lipinski definition) is 7. The average Bonchev–Trinajstić information content (AvgIpc) is 2.83. The van der Waals surface area contributed by atoms with Crippen LogP contribution in [-0.2, 0) is 16.1 Å². The first kappa shape index (κ1) is 25.7. The van der Waals surface area contributed by atoms with Gasteiger partial charge in [-0.3, -0.25) is 9.88 Å². The lowest BCUT2D eigenvalue weighted by Crippen LogP contribution is -2.53. The molecule has 9 nitrogen and oxygen atoms in total. The van der Waals surface area contributed by atoms with Crippen molar-refractivity contribution >= 4 is 44.8 Å². The van der Waals surface area contributed by atoms with Crippen molar-refractivity contribution in [3.8, 4) is 5.75 Å². The molecule has 190 valence electrons. The van der Waals surface area contributed by atoms with Gasteiger partial charge >= 0.3 is 12.1 Å². The second-order valence-electron chi connectivity index (χ2n) is 9.67. The largest absolute Gasteiger partial charge is 0.485 e. The van der Waals surface area contributed by atoms with Crippen LogP contribution in [0.25, 0.3) is 11.0 Å². The van der Waals surface area contributed by atoms with Crippen LogP contribution < -0.4 is 10.1 Å². The smallest absolute Gasteiger partial charge is 0.411 e. The molecule has 36 heavy (non-hydrogen) atoms. The molecule has 1 aliphatic rings. The monoisotopic (exact) mass is 556 g/mol. The first-order chi connectivity index (χ1) is 17.1. The Bertz CT molecular complexity index is 1250. The Morgan fingerprint density at radius 3 is 2.64 bits per heavy atom. The van der Waals surface area contributed by atoms with E-state index in [1.807, 2.05) is 42.5 Å². The lowest BCUT2D eigenvalue weighted by Gasteiger charge is -2.38. The van der Waals surface area contributed by atoms with Crippen molar-refractivity contribution < 1.29 is 24.2 Å². The number of nitrogens with one attached hydrogen (secondary N) is 1. The van der Waals surface area contributed by atoms with E-state index in [0.29, 0.717) is 35.6 Å². The molecule has 2 N–H and O–H groups in total. The highest BCUT2D eigenvalue weighted by Gasteiger charge is 2.38. The molecule has 0 radical (unpaired) electrons. The molecular formula is C26H29BrN4O5. The van der Waals surface area contributed by atoms with Crippen molar-refractivity contribution in [1.82, 2.24) is 14.9 Å². The van der Waals surface area contributed by atoms with Crippen LogP contribution in [0.15, 0.2) is 53.1 Å². The van der Waals surface area contributed by atoms with Gasteiger partial charge < -0.3 is 19.9 Å². The van der Waals surface area contributed by atoms with E-state index >= 15 is 0 Å². The highest BCUT2D eigenvalue weighted by atomic mass is 79.9. The number of piperidine rings is 1. The van der Waals surface area contributed by atoms with E-state index in [1.54, 1.807) is 27.0 Å². The number of benzene rings is 2. The third-order valence-corrected chi connectivity index (χ3v) is 6.34. The van der Waals surface area contributed by atoms with Crippen molar-refractivity contribution in [2.24, 2.45) is 0 Å². The van der Waals surface area contributed by atoms with Crippen LogP contribution in [0.2, 0.25) is 0 Å². The summed E-state index contributed by atoms with van der Waals surface area (Å²) in [4.78, 5) is 35.0. The number of ether oxygens (including phenoxy) is 2. The molecule has 1 unspecified atom stereocenters. The molecule has 2 aromatic carbocycles. The summed E-state index contributed by atoms with van der Waals surface area (Å²) in [7, 11) is 0. The van der Waals surface area contributed by atoms with Crippen molar-refractivity contribution in [3.63, 3.8) is 0 Å². The first-order valence-corrected chi connectivity index (χ1v) is 12.5. The maximum atomic E-state index is 12.6. The Hall–Kier alpha value is -3.40. The lowest BCUT2D eigenvalue weighted by molar-refractivity contribution is -0.144. The van der Waals surface area contributed by atoms with E-state index in [1.165, 1.54) is 4.90 Å².